The normalized spacial score (nSPS) is 13.3. The zero-order valence-corrected chi connectivity index (χ0v) is 17.4. The van der Waals surface area contributed by atoms with Gasteiger partial charge in [-0.3, -0.25) is 9.59 Å². The minimum Gasteiger partial charge on any atom is -0.350 e. The Bertz CT molecular complexity index is 1060. The second-order valence-corrected chi connectivity index (χ2v) is 8.43. The fraction of sp³-hybridized carbons (Fsp3) is 0.300. The van der Waals surface area contributed by atoms with E-state index in [2.05, 4.69) is 20.8 Å². The van der Waals surface area contributed by atoms with Crippen molar-refractivity contribution < 1.29 is 9.59 Å². The fourth-order valence-electron chi connectivity index (χ4n) is 3.06. The highest BCUT2D eigenvalue weighted by molar-refractivity contribution is 7.18. The number of rotatable bonds is 7. The number of nitrogens with one attached hydrogen (secondary N) is 2. The van der Waals surface area contributed by atoms with Gasteiger partial charge in [0.1, 0.15) is 12.2 Å². The monoisotopic (exact) mass is 429 g/mol. The Labute approximate surface area is 177 Å². The van der Waals surface area contributed by atoms with Gasteiger partial charge in [-0.25, -0.2) is 0 Å². The lowest BCUT2D eigenvalue weighted by molar-refractivity contribution is 0.0954. The lowest BCUT2D eigenvalue weighted by Gasteiger charge is -2.07. The second kappa shape index (κ2) is 8.34. The quantitative estimate of drug-likeness (QED) is 0.596. The molecule has 1 fully saturated rings. The number of carbonyl (C=O) groups is 2. The summed E-state index contributed by atoms with van der Waals surface area (Å²) >= 11 is 7.32. The number of thiophene rings is 1. The summed E-state index contributed by atoms with van der Waals surface area (Å²) in [6.45, 7) is 2.96. The standard InChI is InChI=1S/C20H20ClN5O2S/c1-12-10-16(24-19(27)14-4-2-3-5-15(14)21)29-17(12)20(28)22-8-9-26-11-23-25-18(26)13-6-7-13/h2-5,10-11,13H,6-9H2,1H3,(H,22,28)(H,24,27). The Balaban J connectivity index is 1.35. The number of amides is 2. The molecule has 1 aliphatic rings. The SMILES string of the molecule is Cc1cc(NC(=O)c2ccccc2Cl)sc1C(=O)NCCn1cnnc1C1CC1. The number of carbonyl (C=O) groups excluding carboxylic acids is 2. The van der Waals surface area contributed by atoms with Gasteiger partial charge in [-0.15, -0.1) is 21.5 Å². The van der Waals surface area contributed by atoms with E-state index in [1.807, 2.05) is 11.5 Å². The Kier molecular flexibility index (Phi) is 5.64. The zero-order valence-electron chi connectivity index (χ0n) is 15.8. The maximum absolute atomic E-state index is 12.6. The molecule has 29 heavy (non-hydrogen) atoms. The third kappa shape index (κ3) is 4.49. The largest absolute Gasteiger partial charge is 0.350 e. The van der Waals surface area contributed by atoms with E-state index in [1.165, 1.54) is 11.3 Å². The number of benzene rings is 1. The van der Waals surface area contributed by atoms with Crippen LogP contribution in [0.25, 0.3) is 0 Å². The van der Waals surface area contributed by atoms with E-state index in [1.54, 1.807) is 36.7 Å². The van der Waals surface area contributed by atoms with Crippen molar-refractivity contribution >= 4 is 39.8 Å². The van der Waals surface area contributed by atoms with Crippen LogP contribution in [0.5, 0.6) is 0 Å². The Morgan fingerprint density at radius 2 is 2.07 bits per heavy atom. The zero-order chi connectivity index (χ0) is 20.4. The molecule has 0 saturated heterocycles. The van der Waals surface area contributed by atoms with E-state index in [0.29, 0.717) is 39.5 Å². The third-order valence-electron chi connectivity index (χ3n) is 4.71. The molecule has 2 N–H and O–H groups in total. The highest BCUT2D eigenvalue weighted by Gasteiger charge is 2.28. The van der Waals surface area contributed by atoms with E-state index in [4.69, 9.17) is 11.6 Å². The minimum atomic E-state index is -0.302. The third-order valence-corrected chi connectivity index (χ3v) is 6.19. The molecule has 9 heteroatoms. The summed E-state index contributed by atoms with van der Waals surface area (Å²) in [5.74, 6) is 1.05. The van der Waals surface area contributed by atoms with Gasteiger partial charge in [-0.1, -0.05) is 23.7 Å². The van der Waals surface area contributed by atoms with Crippen molar-refractivity contribution in [3.63, 3.8) is 0 Å². The molecule has 2 aromatic heterocycles. The highest BCUT2D eigenvalue weighted by Crippen LogP contribution is 2.38. The molecule has 0 atom stereocenters. The molecule has 1 saturated carbocycles. The highest BCUT2D eigenvalue weighted by atomic mass is 35.5. The van der Waals surface area contributed by atoms with Crippen molar-refractivity contribution in [2.24, 2.45) is 0 Å². The summed E-state index contributed by atoms with van der Waals surface area (Å²) < 4.78 is 1.99. The summed E-state index contributed by atoms with van der Waals surface area (Å²) in [6.07, 6.45) is 4.02. The van der Waals surface area contributed by atoms with E-state index >= 15 is 0 Å². The van der Waals surface area contributed by atoms with Gasteiger partial charge in [0.15, 0.2) is 0 Å². The number of nitrogens with zero attached hydrogens (tertiary/aromatic N) is 3. The van der Waals surface area contributed by atoms with E-state index in [9.17, 15) is 9.59 Å². The Morgan fingerprint density at radius 1 is 1.28 bits per heavy atom. The molecule has 1 aromatic carbocycles. The van der Waals surface area contributed by atoms with Crippen molar-refractivity contribution in [3.05, 3.63) is 63.5 Å². The van der Waals surface area contributed by atoms with Gasteiger partial charge in [0.05, 0.1) is 20.5 Å². The maximum atomic E-state index is 12.6. The van der Waals surface area contributed by atoms with Gasteiger partial charge in [0.25, 0.3) is 11.8 Å². The summed E-state index contributed by atoms with van der Waals surface area (Å²) in [6, 6.07) is 8.64. The smallest absolute Gasteiger partial charge is 0.261 e. The van der Waals surface area contributed by atoms with Crippen molar-refractivity contribution in [1.29, 1.82) is 0 Å². The van der Waals surface area contributed by atoms with Crippen LogP contribution in [0.15, 0.2) is 36.7 Å². The van der Waals surface area contributed by atoms with Crippen LogP contribution in [0.4, 0.5) is 5.00 Å². The van der Waals surface area contributed by atoms with Crippen LogP contribution >= 0.6 is 22.9 Å². The molecule has 150 valence electrons. The van der Waals surface area contributed by atoms with Crippen LogP contribution in [0.3, 0.4) is 0 Å². The van der Waals surface area contributed by atoms with Gasteiger partial charge < -0.3 is 15.2 Å². The molecule has 0 radical (unpaired) electrons. The molecular weight excluding hydrogens is 410 g/mol. The number of hydrogen-bond donors (Lipinski definition) is 2. The van der Waals surface area contributed by atoms with Crippen LogP contribution < -0.4 is 10.6 Å². The number of hydrogen-bond acceptors (Lipinski definition) is 5. The van der Waals surface area contributed by atoms with Gasteiger partial charge in [0, 0.05) is 19.0 Å². The lowest BCUT2D eigenvalue weighted by Crippen LogP contribution is -2.27. The van der Waals surface area contributed by atoms with E-state index < -0.39 is 0 Å². The van der Waals surface area contributed by atoms with Gasteiger partial charge in [0.2, 0.25) is 0 Å². The van der Waals surface area contributed by atoms with Gasteiger partial charge >= 0.3 is 0 Å². The minimum absolute atomic E-state index is 0.160. The van der Waals surface area contributed by atoms with Crippen LogP contribution in [0.1, 0.15) is 50.2 Å². The first-order valence-electron chi connectivity index (χ1n) is 9.35. The predicted molar refractivity (Wildman–Crippen MR) is 113 cm³/mol. The van der Waals surface area contributed by atoms with Crippen LogP contribution in [-0.2, 0) is 6.54 Å². The van der Waals surface area contributed by atoms with E-state index in [0.717, 1.165) is 24.2 Å². The van der Waals surface area contributed by atoms with Crippen molar-refractivity contribution in [3.8, 4) is 0 Å². The molecule has 1 aliphatic carbocycles. The number of halogens is 1. The lowest BCUT2D eigenvalue weighted by atomic mass is 10.2. The first kappa shape index (κ1) is 19.6. The molecule has 0 bridgehead atoms. The summed E-state index contributed by atoms with van der Waals surface area (Å²) in [7, 11) is 0. The van der Waals surface area contributed by atoms with Crippen molar-refractivity contribution in [2.45, 2.75) is 32.2 Å². The number of anilines is 1. The first-order chi connectivity index (χ1) is 14.0. The first-order valence-corrected chi connectivity index (χ1v) is 10.5. The summed E-state index contributed by atoms with van der Waals surface area (Å²) in [4.78, 5) is 25.6. The van der Waals surface area contributed by atoms with Crippen molar-refractivity contribution in [2.75, 3.05) is 11.9 Å². The number of aromatic nitrogens is 3. The van der Waals surface area contributed by atoms with Gasteiger partial charge in [-0.05, 0) is 43.5 Å². The van der Waals surface area contributed by atoms with Crippen LogP contribution in [0, 0.1) is 6.92 Å². The Hall–Kier alpha value is -2.71. The molecule has 0 aliphatic heterocycles. The predicted octanol–water partition coefficient (Wildman–Crippen LogP) is 3.86. The molecular formula is C20H20ClN5O2S. The fourth-order valence-corrected chi connectivity index (χ4v) is 4.26. The average molecular weight is 430 g/mol. The molecule has 7 nitrogen and oxygen atoms in total. The van der Waals surface area contributed by atoms with Crippen LogP contribution in [-0.4, -0.2) is 33.1 Å². The molecule has 0 unspecified atom stereocenters. The summed E-state index contributed by atoms with van der Waals surface area (Å²) in [5.41, 5.74) is 1.21. The van der Waals surface area contributed by atoms with Gasteiger partial charge in [-0.2, -0.15) is 0 Å². The van der Waals surface area contributed by atoms with Crippen molar-refractivity contribution in [1.82, 2.24) is 20.1 Å². The van der Waals surface area contributed by atoms with E-state index in [-0.39, 0.29) is 11.8 Å². The molecule has 2 heterocycles. The average Bonchev–Trinajstić information content (AvgIpc) is 3.32. The number of aryl methyl sites for hydroxylation is 1. The maximum Gasteiger partial charge on any atom is 0.261 e. The topological polar surface area (TPSA) is 88.9 Å². The molecule has 3 aromatic rings. The van der Waals surface area contributed by atoms with Crippen LogP contribution in [0.2, 0.25) is 5.02 Å². The molecule has 4 rings (SSSR count). The Morgan fingerprint density at radius 3 is 2.83 bits per heavy atom. The second-order valence-electron chi connectivity index (χ2n) is 6.97. The summed E-state index contributed by atoms with van der Waals surface area (Å²) in [5, 5.41) is 14.9. The molecule has 2 amide bonds. The molecule has 0 spiro atoms.